The molecular weight excluding hydrogens is 362 g/mol. The Morgan fingerprint density at radius 1 is 0.897 bits per heavy atom. The van der Waals surface area contributed by atoms with E-state index in [4.69, 9.17) is 14.7 Å². The highest BCUT2D eigenvalue weighted by Gasteiger charge is 2.19. The van der Waals surface area contributed by atoms with Gasteiger partial charge in [0.25, 0.3) is 0 Å². The van der Waals surface area contributed by atoms with E-state index in [1.54, 1.807) is 18.0 Å². The van der Waals surface area contributed by atoms with E-state index in [0.29, 0.717) is 5.82 Å². The van der Waals surface area contributed by atoms with E-state index in [0.717, 1.165) is 50.5 Å². The molecule has 5 rings (SSSR count). The van der Waals surface area contributed by atoms with Gasteiger partial charge in [0.1, 0.15) is 12.1 Å². The van der Waals surface area contributed by atoms with E-state index < -0.39 is 0 Å². The number of methoxy groups -OCH3 is 1. The van der Waals surface area contributed by atoms with Crippen LogP contribution in [0.25, 0.3) is 33.8 Å². The normalized spacial score (nSPS) is 11.4. The molecule has 0 aliphatic rings. The molecular formula is C23H21N5O. The number of benzene rings is 2. The Morgan fingerprint density at radius 3 is 2.38 bits per heavy atom. The number of hydrogen-bond donors (Lipinski definition) is 0. The molecule has 0 radical (unpaired) electrons. The number of aromatic nitrogens is 5. The molecule has 0 spiro atoms. The third-order valence-electron chi connectivity index (χ3n) is 5.55. The Balaban J connectivity index is 1.77. The molecule has 5 aromatic rings. The lowest BCUT2D eigenvalue weighted by Crippen LogP contribution is -1.99. The van der Waals surface area contributed by atoms with Crippen molar-refractivity contribution in [1.82, 2.24) is 24.1 Å². The summed E-state index contributed by atoms with van der Waals surface area (Å²) in [5.41, 5.74) is 7.20. The Bertz CT molecular complexity index is 1360. The van der Waals surface area contributed by atoms with Crippen molar-refractivity contribution in [2.45, 2.75) is 20.8 Å². The number of ether oxygens (including phenoxy) is 1. The van der Waals surface area contributed by atoms with Crippen molar-refractivity contribution in [3.63, 3.8) is 0 Å². The zero-order valence-electron chi connectivity index (χ0n) is 16.8. The van der Waals surface area contributed by atoms with E-state index in [1.807, 2.05) is 36.4 Å². The minimum atomic E-state index is 0.714. The number of nitrogens with zero attached hydrogens (tertiary/aromatic N) is 5. The fraction of sp³-hybridized carbons (Fsp3) is 0.174. The predicted molar refractivity (Wildman–Crippen MR) is 114 cm³/mol. The van der Waals surface area contributed by atoms with Crippen molar-refractivity contribution < 1.29 is 4.74 Å². The summed E-state index contributed by atoms with van der Waals surface area (Å²) >= 11 is 0. The molecule has 0 unspecified atom stereocenters. The average molecular weight is 383 g/mol. The van der Waals surface area contributed by atoms with Gasteiger partial charge in [-0.15, -0.1) is 5.10 Å². The summed E-state index contributed by atoms with van der Waals surface area (Å²) in [5, 5.41) is 5.71. The van der Waals surface area contributed by atoms with Crippen molar-refractivity contribution in [3.05, 3.63) is 71.7 Å². The Kier molecular flexibility index (Phi) is 3.87. The number of aryl methyl sites for hydroxylation is 2. The van der Waals surface area contributed by atoms with Gasteiger partial charge in [-0.1, -0.05) is 24.3 Å². The molecule has 0 fully saturated rings. The molecule has 6 nitrogen and oxygen atoms in total. The van der Waals surface area contributed by atoms with E-state index in [-0.39, 0.29) is 0 Å². The topological polar surface area (TPSA) is 57.2 Å². The number of hydrogen-bond acceptors (Lipinski definition) is 4. The van der Waals surface area contributed by atoms with Gasteiger partial charge in [0.05, 0.1) is 12.5 Å². The summed E-state index contributed by atoms with van der Waals surface area (Å²) in [5.74, 6) is 1.54. The molecule has 3 aromatic heterocycles. The summed E-state index contributed by atoms with van der Waals surface area (Å²) in [7, 11) is 1.67. The van der Waals surface area contributed by atoms with Crippen LogP contribution in [0.2, 0.25) is 0 Å². The third-order valence-corrected chi connectivity index (χ3v) is 5.55. The zero-order chi connectivity index (χ0) is 20.1. The minimum absolute atomic E-state index is 0.714. The van der Waals surface area contributed by atoms with Crippen LogP contribution in [0, 0.1) is 20.8 Å². The van der Waals surface area contributed by atoms with Crippen LogP contribution in [0.4, 0.5) is 0 Å². The fourth-order valence-corrected chi connectivity index (χ4v) is 3.85. The lowest BCUT2D eigenvalue weighted by Gasteiger charge is -2.08. The van der Waals surface area contributed by atoms with Gasteiger partial charge in [0.2, 0.25) is 0 Å². The first-order valence-electron chi connectivity index (χ1n) is 9.52. The van der Waals surface area contributed by atoms with Crippen LogP contribution in [-0.2, 0) is 0 Å². The Morgan fingerprint density at radius 2 is 1.66 bits per heavy atom. The molecule has 2 aromatic carbocycles. The number of fused-ring (bicyclic) bond motifs is 3. The smallest absolute Gasteiger partial charge is 0.182 e. The van der Waals surface area contributed by atoms with Crippen molar-refractivity contribution in [2.24, 2.45) is 0 Å². The Labute approximate surface area is 168 Å². The van der Waals surface area contributed by atoms with Crippen molar-refractivity contribution in [3.8, 4) is 22.8 Å². The fourth-order valence-electron chi connectivity index (χ4n) is 3.85. The van der Waals surface area contributed by atoms with Gasteiger partial charge in [-0.2, -0.15) is 0 Å². The van der Waals surface area contributed by atoms with Gasteiger partial charge >= 0.3 is 0 Å². The summed E-state index contributed by atoms with van der Waals surface area (Å²) < 4.78 is 9.23. The molecule has 29 heavy (non-hydrogen) atoms. The van der Waals surface area contributed by atoms with Gasteiger partial charge in [0, 0.05) is 16.9 Å². The molecule has 0 atom stereocenters. The summed E-state index contributed by atoms with van der Waals surface area (Å²) in [6.07, 6.45) is 1.74. The average Bonchev–Trinajstić information content (AvgIpc) is 3.28. The SMILES string of the molecule is COc1ccc(-n2c(C)c(C)c3c2ncn2nc(-c4ccccc4C)nc32)cc1. The van der Waals surface area contributed by atoms with Crippen molar-refractivity contribution in [1.29, 1.82) is 0 Å². The predicted octanol–water partition coefficient (Wildman–Crippen LogP) is 4.67. The molecule has 6 heteroatoms. The van der Waals surface area contributed by atoms with E-state index >= 15 is 0 Å². The summed E-state index contributed by atoms with van der Waals surface area (Å²) in [4.78, 5) is 9.62. The van der Waals surface area contributed by atoms with Gasteiger partial charge in [-0.05, 0) is 56.2 Å². The van der Waals surface area contributed by atoms with Crippen LogP contribution in [0.5, 0.6) is 5.75 Å². The molecule has 3 heterocycles. The maximum atomic E-state index is 5.29. The number of rotatable bonds is 3. The lowest BCUT2D eigenvalue weighted by molar-refractivity contribution is 0.415. The summed E-state index contributed by atoms with van der Waals surface area (Å²) in [6, 6.07) is 16.2. The zero-order valence-corrected chi connectivity index (χ0v) is 16.8. The Hall–Kier alpha value is -3.67. The highest BCUT2D eigenvalue weighted by atomic mass is 16.5. The monoisotopic (exact) mass is 383 g/mol. The molecule has 0 aliphatic carbocycles. The highest BCUT2D eigenvalue weighted by Crippen LogP contribution is 2.31. The van der Waals surface area contributed by atoms with Crippen molar-refractivity contribution >= 4 is 16.7 Å². The van der Waals surface area contributed by atoms with Crippen molar-refractivity contribution in [2.75, 3.05) is 7.11 Å². The highest BCUT2D eigenvalue weighted by molar-refractivity contribution is 5.95. The van der Waals surface area contributed by atoms with Crippen LogP contribution < -0.4 is 4.74 Å². The molecule has 0 saturated carbocycles. The first-order chi connectivity index (χ1) is 14.1. The van der Waals surface area contributed by atoms with Crippen LogP contribution in [0.1, 0.15) is 16.8 Å². The maximum Gasteiger partial charge on any atom is 0.182 e. The molecule has 0 bridgehead atoms. The van der Waals surface area contributed by atoms with Crippen LogP contribution in [0.15, 0.2) is 54.9 Å². The summed E-state index contributed by atoms with van der Waals surface area (Å²) in [6.45, 7) is 6.29. The van der Waals surface area contributed by atoms with E-state index in [9.17, 15) is 0 Å². The molecule has 0 aliphatic heterocycles. The van der Waals surface area contributed by atoms with Gasteiger partial charge < -0.3 is 4.74 Å². The van der Waals surface area contributed by atoms with E-state index in [1.165, 1.54) is 0 Å². The second-order valence-electron chi connectivity index (χ2n) is 7.21. The van der Waals surface area contributed by atoms with Gasteiger partial charge in [-0.3, -0.25) is 4.57 Å². The van der Waals surface area contributed by atoms with E-state index in [2.05, 4.69) is 42.6 Å². The van der Waals surface area contributed by atoms with Crippen LogP contribution in [0.3, 0.4) is 0 Å². The minimum Gasteiger partial charge on any atom is -0.497 e. The standard InChI is InChI=1S/C23H21N5O/c1-14-7-5-6-8-19(14)21-25-23-20-15(2)16(3)28(22(20)24-13-27(23)26-21)17-9-11-18(29-4)12-10-17/h5-13H,1-4H3. The second kappa shape index (κ2) is 6.44. The molecule has 0 amide bonds. The third kappa shape index (κ3) is 2.60. The van der Waals surface area contributed by atoms with Gasteiger partial charge in [-0.25, -0.2) is 14.5 Å². The van der Waals surface area contributed by atoms with Gasteiger partial charge in [0.15, 0.2) is 17.1 Å². The van der Waals surface area contributed by atoms with Crippen LogP contribution >= 0.6 is 0 Å². The second-order valence-corrected chi connectivity index (χ2v) is 7.21. The first kappa shape index (κ1) is 17.4. The van der Waals surface area contributed by atoms with Crippen LogP contribution in [-0.4, -0.2) is 31.3 Å². The maximum absolute atomic E-state index is 5.29. The quantitative estimate of drug-likeness (QED) is 0.454. The molecule has 0 N–H and O–H groups in total. The largest absolute Gasteiger partial charge is 0.497 e. The molecule has 144 valence electrons. The lowest BCUT2D eigenvalue weighted by atomic mass is 10.1. The molecule has 0 saturated heterocycles. The first-order valence-corrected chi connectivity index (χ1v) is 9.52.